The number of alkyl carbamates (subject to hydrolysis) is 1. The first kappa shape index (κ1) is 21.1. The number of aryl methyl sites for hydroxylation is 1. The van der Waals surface area contributed by atoms with E-state index in [0.717, 1.165) is 21.7 Å². The number of carbonyl (C=O) groups excluding carboxylic acids is 3. The Morgan fingerprint density at radius 3 is 2.70 bits per heavy atom. The molecule has 0 spiro atoms. The highest BCUT2D eigenvalue weighted by Gasteiger charge is 2.18. The van der Waals surface area contributed by atoms with E-state index in [4.69, 9.17) is 0 Å². The minimum absolute atomic E-state index is 0.143. The smallest absolute Gasteiger partial charge is 0.413 e. The molecule has 146 valence electrons. The summed E-state index contributed by atoms with van der Waals surface area (Å²) < 4.78 is 4.65. The highest BCUT2D eigenvalue weighted by Crippen LogP contribution is 2.31. The van der Waals surface area contributed by atoms with Crippen LogP contribution in [0.3, 0.4) is 0 Å². The number of nitrogens with zero attached hydrogens (tertiary/aromatic N) is 3. The van der Waals surface area contributed by atoms with Crippen molar-refractivity contribution in [2.45, 2.75) is 32.2 Å². The molecule has 0 saturated carbocycles. The predicted molar refractivity (Wildman–Crippen MR) is 105 cm³/mol. The van der Waals surface area contributed by atoms with E-state index in [1.54, 1.807) is 25.2 Å². The molecule has 2 aromatic rings. The number of aromatic nitrogens is 2. The second-order valence-electron chi connectivity index (χ2n) is 5.43. The lowest BCUT2D eigenvalue weighted by Gasteiger charge is -2.19. The van der Waals surface area contributed by atoms with Crippen LogP contribution in [0.15, 0.2) is 17.4 Å². The van der Waals surface area contributed by atoms with Gasteiger partial charge in [0.15, 0.2) is 0 Å². The molecule has 2 aromatic heterocycles. The molecule has 0 saturated heterocycles. The summed E-state index contributed by atoms with van der Waals surface area (Å²) in [5.74, 6) is -0.646. The van der Waals surface area contributed by atoms with Crippen molar-refractivity contribution in [1.29, 1.82) is 0 Å². The first-order chi connectivity index (χ1) is 13.0. The molecule has 0 aliphatic carbocycles. The van der Waals surface area contributed by atoms with Gasteiger partial charge in [-0.3, -0.25) is 14.9 Å². The Labute approximate surface area is 165 Å². The Morgan fingerprint density at radius 1 is 1.26 bits per heavy atom. The fraction of sp³-hybridized carbons (Fsp3) is 0.471. The van der Waals surface area contributed by atoms with Gasteiger partial charge in [0.1, 0.15) is 22.7 Å². The topological polar surface area (TPSA) is 101 Å². The molecular formula is C17H22N4O4S2. The maximum Gasteiger partial charge on any atom is 0.413 e. The summed E-state index contributed by atoms with van der Waals surface area (Å²) in [6.07, 6.45) is 1.60. The number of thiophene rings is 1. The summed E-state index contributed by atoms with van der Waals surface area (Å²) >= 11 is 2.93. The molecule has 8 nitrogen and oxygen atoms in total. The summed E-state index contributed by atoms with van der Waals surface area (Å²) in [4.78, 5) is 47.6. The zero-order valence-electron chi connectivity index (χ0n) is 15.5. The third-order valence-electron chi connectivity index (χ3n) is 3.61. The van der Waals surface area contributed by atoms with Crippen LogP contribution in [0.5, 0.6) is 0 Å². The zero-order valence-corrected chi connectivity index (χ0v) is 17.1. The Morgan fingerprint density at radius 2 is 2.04 bits per heavy atom. The van der Waals surface area contributed by atoms with Gasteiger partial charge in [-0.25, -0.2) is 14.8 Å². The lowest BCUT2D eigenvalue weighted by molar-refractivity contribution is -0.133. The Kier molecular flexibility index (Phi) is 7.99. The quantitative estimate of drug-likeness (QED) is 0.527. The SMILES string of the molecule is CCOC(=O)NC(=O)CN(CC)C(=O)CSc1ncnc2sc(CC)cc12. The van der Waals surface area contributed by atoms with Gasteiger partial charge < -0.3 is 9.64 Å². The second-order valence-corrected chi connectivity index (χ2v) is 7.51. The predicted octanol–water partition coefficient (Wildman–Crippen LogP) is 2.47. The molecule has 0 unspecified atom stereocenters. The van der Waals surface area contributed by atoms with E-state index in [2.05, 4.69) is 33.0 Å². The standard InChI is InChI=1S/C17H22N4O4S2/c1-4-11-7-12-15(18-10-19-16(12)27-11)26-9-14(23)21(5-2)8-13(22)20-17(24)25-6-3/h7,10H,4-6,8-9H2,1-3H3,(H,20,22,24). The Hall–Kier alpha value is -2.20. The fourth-order valence-electron chi connectivity index (χ4n) is 2.26. The molecule has 0 aliphatic rings. The van der Waals surface area contributed by atoms with Gasteiger partial charge in [-0.15, -0.1) is 11.3 Å². The number of carbonyl (C=O) groups is 3. The molecule has 0 aliphatic heterocycles. The molecule has 10 heteroatoms. The average Bonchev–Trinajstić information content (AvgIpc) is 3.08. The van der Waals surface area contributed by atoms with Crippen LogP contribution < -0.4 is 5.32 Å². The van der Waals surface area contributed by atoms with Crippen LogP contribution >= 0.6 is 23.1 Å². The molecule has 0 aromatic carbocycles. The second kappa shape index (κ2) is 10.2. The first-order valence-corrected chi connectivity index (χ1v) is 10.4. The first-order valence-electron chi connectivity index (χ1n) is 8.59. The van der Waals surface area contributed by atoms with Crippen molar-refractivity contribution in [1.82, 2.24) is 20.2 Å². The Bertz CT molecular complexity index is 824. The van der Waals surface area contributed by atoms with Crippen LogP contribution in [0.1, 0.15) is 25.6 Å². The number of fused-ring (bicyclic) bond motifs is 1. The van der Waals surface area contributed by atoms with Crippen molar-refractivity contribution in [2.75, 3.05) is 25.4 Å². The van der Waals surface area contributed by atoms with E-state index in [1.165, 1.54) is 27.9 Å². The summed E-state index contributed by atoms with van der Waals surface area (Å²) in [6, 6.07) is 2.05. The number of ether oxygens (including phenoxy) is 1. The number of rotatable bonds is 8. The number of nitrogens with one attached hydrogen (secondary N) is 1. The van der Waals surface area contributed by atoms with Gasteiger partial charge in [-0.05, 0) is 26.3 Å². The highest BCUT2D eigenvalue weighted by atomic mass is 32.2. The molecule has 0 atom stereocenters. The van der Waals surface area contributed by atoms with Crippen molar-refractivity contribution in [3.8, 4) is 0 Å². The molecule has 2 heterocycles. The van der Waals surface area contributed by atoms with Crippen LogP contribution in [0, 0.1) is 0 Å². The van der Waals surface area contributed by atoms with Crippen LogP contribution in [0.2, 0.25) is 0 Å². The normalized spacial score (nSPS) is 10.6. The van der Waals surface area contributed by atoms with E-state index in [0.29, 0.717) is 6.54 Å². The molecule has 1 N–H and O–H groups in total. The maximum absolute atomic E-state index is 12.5. The molecule has 0 bridgehead atoms. The molecular weight excluding hydrogens is 388 g/mol. The fourth-order valence-corrected chi connectivity index (χ4v) is 4.14. The van der Waals surface area contributed by atoms with Gasteiger partial charge >= 0.3 is 6.09 Å². The van der Waals surface area contributed by atoms with Crippen LogP contribution in [-0.2, 0) is 20.7 Å². The number of hydrogen-bond acceptors (Lipinski definition) is 8. The zero-order chi connectivity index (χ0) is 19.8. The summed E-state index contributed by atoms with van der Waals surface area (Å²) in [5.41, 5.74) is 0. The van der Waals surface area contributed by atoms with Gasteiger partial charge in [-0.2, -0.15) is 0 Å². The maximum atomic E-state index is 12.5. The number of imide groups is 1. The van der Waals surface area contributed by atoms with Gasteiger partial charge in [0, 0.05) is 16.8 Å². The van der Waals surface area contributed by atoms with Gasteiger partial charge in [0.25, 0.3) is 0 Å². The van der Waals surface area contributed by atoms with Crippen molar-refractivity contribution < 1.29 is 19.1 Å². The summed E-state index contributed by atoms with van der Waals surface area (Å²) in [7, 11) is 0. The summed E-state index contributed by atoms with van der Waals surface area (Å²) in [6.45, 7) is 5.82. The number of amides is 3. The van der Waals surface area contributed by atoms with E-state index < -0.39 is 12.0 Å². The lowest BCUT2D eigenvalue weighted by Crippen LogP contribution is -2.43. The minimum Gasteiger partial charge on any atom is -0.450 e. The van der Waals surface area contributed by atoms with E-state index in [-0.39, 0.29) is 24.8 Å². The lowest BCUT2D eigenvalue weighted by atomic mass is 10.3. The van der Waals surface area contributed by atoms with E-state index >= 15 is 0 Å². The van der Waals surface area contributed by atoms with Crippen LogP contribution in [-0.4, -0.2) is 58.2 Å². The number of thioether (sulfide) groups is 1. The molecule has 0 fully saturated rings. The third-order valence-corrected chi connectivity index (χ3v) is 5.79. The highest BCUT2D eigenvalue weighted by molar-refractivity contribution is 8.00. The van der Waals surface area contributed by atoms with Gasteiger partial charge in [0.2, 0.25) is 11.8 Å². The minimum atomic E-state index is -0.812. The number of hydrogen-bond donors (Lipinski definition) is 1. The van der Waals surface area contributed by atoms with Crippen molar-refractivity contribution >= 4 is 51.2 Å². The van der Waals surface area contributed by atoms with E-state index in [1.807, 2.05) is 0 Å². The monoisotopic (exact) mass is 410 g/mol. The third kappa shape index (κ3) is 5.90. The average molecular weight is 411 g/mol. The van der Waals surface area contributed by atoms with Crippen molar-refractivity contribution in [2.24, 2.45) is 0 Å². The van der Waals surface area contributed by atoms with Crippen molar-refractivity contribution in [3.05, 3.63) is 17.3 Å². The molecule has 3 amide bonds. The van der Waals surface area contributed by atoms with Crippen LogP contribution in [0.25, 0.3) is 10.2 Å². The Balaban J connectivity index is 1.96. The van der Waals surface area contributed by atoms with Gasteiger partial charge in [-0.1, -0.05) is 18.7 Å². The summed E-state index contributed by atoms with van der Waals surface area (Å²) in [5, 5.41) is 3.78. The van der Waals surface area contributed by atoms with Gasteiger partial charge in [0.05, 0.1) is 12.4 Å². The number of likely N-dealkylation sites (N-methyl/N-ethyl adjacent to an activating group) is 1. The largest absolute Gasteiger partial charge is 0.450 e. The molecule has 0 radical (unpaired) electrons. The molecule has 2 rings (SSSR count). The molecule has 27 heavy (non-hydrogen) atoms. The van der Waals surface area contributed by atoms with Crippen molar-refractivity contribution in [3.63, 3.8) is 0 Å². The van der Waals surface area contributed by atoms with Crippen LogP contribution in [0.4, 0.5) is 4.79 Å². The van der Waals surface area contributed by atoms with E-state index in [9.17, 15) is 14.4 Å².